The SMILES string of the molecule is CCOC(=O)c1cnn(-c2ccc(C(=O)Nc3ccccc3NC(=O)c3ccccc3)cc2)c1C. The van der Waals surface area contributed by atoms with Crippen molar-refractivity contribution in [1.29, 1.82) is 0 Å². The Hall–Kier alpha value is -4.72. The quantitative estimate of drug-likeness (QED) is 0.377. The van der Waals surface area contributed by atoms with Gasteiger partial charge in [0.2, 0.25) is 0 Å². The topological polar surface area (TPSA) is 102 Å². The van der Waals surface area contributed by atoms with Crippen LogP contribution in [-0.2, 0) is 4.74 Å². The number of ether oxygens (including phenoxy) is 1. The first-order valence-corrected chi connectivity index (χ1v) is 11.1. The highest BCUT2D eigenvalue weighted by Crippen LogP contribution is 2.23. The second-order valence-corrected chi connectivity index (χ2v) is 7.64. The van der Waals surface area contributed by atoms with Gasteiger partial charge in [0.05, 0.1) is 35.6 Å². The Kier molecular flexibility index (Phi) is 7.02. The predicted molar refractivity (Wildman–Crippen MR) is 133 cm³/mol. The van der Waals surface area contributed by atoms with Gasteiger partial charge in [-0.2, -0.15) is 5.10 Å². The third-order valence-corrected chi connectivity index (χ3v) is 5.34. The Bertz CT molecular complexity index is 1360. The molecule has 0 unspecified atom stereocenters. The molecule has 2 N–H and O–H groups in total. The minimum Gasteiger partial charge on any atom is -0.462 e. The molecule has 1 aromatic heterocycles. The van der Waals surface area contributed by atoms with Crippen molar-refractivity contribution < 1.29 is 19.1 Å². The van der Waals surface area contributed by atoms with Crippen molar-refractivity contribution >= 4 is 29.2 Å². The molecule has 35 heavy (non-hydrogen) atoms. The van der Waals surface area contributed by atoms with Crippen LogP contribution in [0, 0.1) is 6.92 Å². The van der Waals surface area contributed by atoms with Gasteiger partial charge in [-0.3, -0.25) is 9.59 Å². The zero-order valence-corrected chi connectivity index (χ0v) is 19.3. The molecule has 4 aromatic rings. The Morgan fingerprint density at radius 3 is 1.91 bits per heavy atom. The number of hydrogen-bond acceptors (Lipinski definition) is 5. The normalized spacial score (nSPS) is 10.5. The number of anilines is 2. The Morgan fingerprint density at radius 2 is 1.34 bits per heavy atom. The molecule has 0 radical (unpaired) electrons. The maximum atomic E-state index is 12.9. The number of esters is 1. The predicted octanol–water partition coefficient (Wildman–Crippen LogP) is 4.86. The minimum atomic E-state index is -0.426. The number of rotatable bonds is 7. The summed E-state index contributed by atoms with van der Waals surface area (Å²) in [5.41, 5.74) is 3.65. The summed E-state index contributed by atoms with van der Waals surface area (Å²) in [6.07, 6.45) is 1.47. The molecule has 3 aromatic carbocycles. The van der Waals surface area contributed by atoms with E-state index in [0.717, 1.165) is 0 Å². The molecule has 0 bridgehead atoms. The second-order valence-electron chi connectivity index (χ2n) is 7.64. The van der Waals surface area contributed by atoms with Crippen LogP contribution >= 0.6 is 0 Å². The number of para-hydroxylation sites is 2. The molecule has 0 aliphatic rings. The molecule has 1 heterocycles. The lowest BCUT2D eigenvalue weighted by molar-refractivity contribution is 0.0525. The highest BCUT2D eigenvalue weighted by molar-refractivity contribution is 6.10. The Labute approximate surface area is 202 Å². The van der Waals surface area contributed by atoms with Crippen LogP contribution in [0.5, 0.6) is 0 Å². The van der Waals surface area contributed by atoms with Gasteiger partial charge in [0.1, 0.15) is 5.56 Å². The van der Waals surface area contributed by atoms with Crippen LogP contribution in [0.4, 0.5) is 11.4 Å². The summed E-state index contributed by atoms with van der Waals surface area (Å²) in [6.45, 7) is 3.81. The minimum absolute atomic E-state index is 0.270. The van der Waals surface area contributed by atoms with Crippen LogP contribution in [0.25, 0.3) is 5.69 Å². The van der Waals surface area contributed by atoms with E-state index in [1.807, 2.05) is 6.07 Å². The van der Waals surface area contributed by atoms with Gasteiger partial charge in [0, 0.05) is 11.1 Å². The Morgan fingerprint density at radius 1 is 0.800 bits per heavy atom. The molecule has 0 saturated carbocycles. The molecule has 0 aliphatic carbocycles. The largest absolute Gasteiger partial charge is 0.462 e. The molecule has 0 atom stereocenters. The number of carbonyl (C=O) groups excluding carboxylic acids is 3. The van der Waals surface area contributed by atoms with Crippen molar-refractivity contribution in [1.82, 2.24) is 9.78 Å². The molecular weight excluding hydrogens is 444 g/mol. The zero-order chi connectivity index (χ0) is 24.8. The van der Waals surface area contributed by atoms with Crippen LogP contribution in [0.2, 0.25) is 0 Å². The van der Waals surface area contributed by atoms with Crippen LogP contribution < -0.4 is 10.6 Å². The maximum Gasteiger partial charge on any atom is 0.341 e. The number of benzene rings is 3. The number of nitrogens with zero attached hydrogens (tertiary/aromatic N) is 2. The lowest BCUT2D eigenvalue weighted by Crippen LogP contribution is -2.16. The lowest BCUT2D eigenvalue weighted by Gasteiger charge is -2.13. The number of carbonyl (C=O) groups is 3. The average molecular weight is 469 g/mol. The molecule has 0 aliphatic heterocycles. The average Bonchev–Trinajstić information content (AvgIpc) is 3.27. The van der Waals surface area contributed by atoms with Gasteiger partial charge >= 0.3 is 5.97 Å². The van der Waals surface area contributed by atoms with Gasteiger partial charge < -0.3 is 15.4 Å². The van der Waals surface area contributed by atoms with Crippen LogP contribution in [0.3, 0.4) is 0 Å². The van der Waals surface area contributed by atoms with Gasteiger partial charge in [-0.25, -0.2) is 9.48 Å². The fraction of sp³-hybridized carbons (Fsp3) is 0.111. The highest BCUT2D eigenvalue weighted by atomic mass is 16.5. The van der Waals surface area contributed by atoms with Gasteiger partial charge in [-0.15, -0.1) is 0 Å². The smallest absolute Gasteiger partial charge is 0.341 e. The van der Waals surface area contributed by atoms with E-state index in [9.17, 15) is 14.4 Å². The summed E-state index contributed by atoms with van der Waals surface area (Å²) in [7, 11) is 0. The summed E-state index contributed by atoms with van der Waals surface area (Å²) in [6, 6.07) is 22.7. The van der Waals surface area contributed by atoms with Crippen LogP contribution in [0.1, 0.15) is 43.7 Å². The molecule has 176 valence electrons. The molecule has 2 amide bonds. The van der Waals surface area contributed by atoms with E-state index in [2.05, 4.69) is 15.7 Å². The summed E-state index contributed by atoms with van der Waals surface area (Å²) < 4.78 is 6.67. The molecule has 0 spiro atoms. The van der Waals surface area contributed by atoms with Gasteiger partial charge in [-0.1, -0.05) is 30.3 Å². The monoisotopic (exact) mass is 468 g/mol. The van der Waals surface area contributed by atoms with Crippen molar-refractivity contribution in [2.45, 2.75) is 13.8 Å². The summed E-state index contributed by atoms with van der Waals surface area (Å²) in [4.78, 5) is 37.5. The number of aromatic nitrogens is 2. The van der Waals surface area contributed by atoms with E-state index in [0.29, 0.717) is 39.4 Å². The van der Waals surface area contributed by atoms with Crippen molar-refractivity contribution in [3.8, 4) is 5.69 Å². The van der Waals surface area contributed by atoms with E-state index < -0.39 is 5.97 Å². The van der Waals surface area contributed by atoms with E-state index >= 15 is 0 Å². The van der Waals surface area contributed by atoms with Gasteiger partial charge in [0.15, 0.2) is 0 Å². The maximum absolute atomic E-state index is 12.9. The zero-order valence-electron chi connectivity index (χ0n) is 19.3. The molecule has 0 saturated heterocycles. The van der Waals surface area contributed by atoms with Crippen molar-refractivity contribution in [3.05, 3.63) is 107 Å². The molecule has 4 rings (SSSR count). The second kappa shape index (κ2) is 10.5. The van der Waals surface area contributed by atoms with Gasteiger partial charge in [0.25, 0.3) is 11.8 Å². The van der Waals surface area contributed by atoms with Crippen LogP contribution in [-0.4, -0.2) is 34.2 Å². The third kappa shape index (κ3) is 5.27. The van der Waals surface area contributed by atoms with Gasteiger partial charge in [-0.05, 0) is 62.4 Å². The number of amides is 2. The fourth-order valence-electron chi connectivity index (χ4n) is 3.51. The molecule has 8 nitrogen and oxygen atoms in total. The van der Waals surface area contributed by atoms with E-state index in [-0.39, 0.29) is 18.4 Å². The van der Waals surface area contributed by atoms with Crippen molar-refractivity contribution in [3.63, 3.8) is 0 Å². The van der Waals surface area contributed by atoms with E-state index in [4.69, 9.17) is 4.74 Å². The summed E-state index contributed by atoms with van der Waals surface area (Å²) in [5.74, 6) is -1.03. The Balaban J connectivity index is 1.48. The number of hydrogen-bond donors (Lipinski definition) is 2. The summed E-state index contributed by atoms with van der Waals surface area (Å²) >= 11 is 0. The number of nitrogens with one attached hydrogen (secondary N) is 2. The van der Waals surface area contributed by atoms with Crippen molar-refractivity contribution in [2.75, 3.05) is 17.2 Å². The first-order valence-electron chi connectivity index (χ1n) is 11.1. The molecule has 0 fully saturated rings. The first-order chi connectivity index (χ1) is 17.0. The first kappa shape index (κ1) is 23.4. The highest BCUT2D eigenvalue weighted by Gasteiger charge is 2.17. The third-order valence-electron chi connectivity index (χ3n) is 5.34. The standard InChI is InChI=1S/C27H24N4O4/c1-3-35-27(34)22-17-28-31(18(22)2)21-15-13-20(14-16-21)26(33)30-24-12-8-7-11-23(24)29-25(32)19-9-5-4-6-10-19/h4-17H,3H2,1-2H3,(H,29,32)(H,30,33). The fourth-order valence-corrected chi connectivity index (χ4v) is 3.51. The van der Waals surface area contributed by atoms with Crippen molar-refractivity contribution in [2.24, 2.45) is 0 Å². The van der Waals surface area contributed by atoms with E-state index in [1.165, 1.54) is 6.20 Å². The van der Waals surface area contributed by atoms with Crippen LogP contribution in [0.15, 0.2) is 85.1 Å². The molecular formula is C27H24N4O4. The van der Waals surface area contributed by atoms with E-state index in [1.54, 1.807) is 91.3 Å². The summed E-state index contributed by atoms with van der Waals surface area (Å²) in [5, 5.41) is 9.96. The lowest BCUT2D eigenvalue weighted by atomic mass is 10.1. The molecule has 8 heteroatoms.